The number of benzene rings is 1. The first-order chi connectivity index (χ1) is 6.65. The number of hydrogen-bond acceptors (Lipinski definition) is 1. The Hall–Kier alpha value is -1.24. The molecule has 1 heteroatoms. The lowest BCUT2D eigenvalue weighted by atomic mass is 9.88. The average Bonchev–Trinajstić information content (AvgIpc) is 2.15. The van der Waals surface area contributed by atoms with Crippen molar-refractivity contribution in [3.63, 3.8) is 0 Å². The topological polar surface area (TPSA) is 20.2 Å². The maximum absolute atomic E-state index is 9.19. The van der Waals surface area contributed by atoms with Crippen molar-refractivity contribution in [3.05, 3.63) is 42.0 Å². The van der Waals surface area contributed by atoms with Crippen molar-refractivity contribution in [2.75, 3.05) is 0 Å². The smallest absolute Gasteiger partial charge is 0.115 e. The predicted octanol–water partition coefficient (Wildman–Crippen LogP) is 3.71. The molecule has 1 N–H and O–H groups in total. The molecule has 14 heavy (non-hydrogen) atoms. The van der Waals surface area contributed by atoms with Gasteiger partial charge in [-0.25, -0.2) is 0 Å². The number of phenols is 1. The summed E-state index contributed by atoms with van der Waals surface area (Å²) in [7, 11) is 0. The summed E-state index contributed by atoms with van der Waals surface area (Å²) >= 11 is 0. The Balaban J connectivity index is 2.93. The fourth-order valence-corrected chi connectivity index (χ4v) is 1.62. The van der Waals surface area contributed by atoms with Gasteiger partial charge in [-0.05, 0) is 30.5 Å². The van der Waals surface area contributed by atoms with Gasteiger partial charge in [-0.15, -0.1) is 0 Å². The van der Waals surface area contributed by atoms with Crippen LogP contribution in [0.15, 0.2) is 36.4 Å². The molecule has 1 nitrogen and oxygen atoms in total. The van der Waals surface area contributed by atoms with E-state index in [2.05, 4.69) is 26.0 Å². The molecule has 76 valence electrons. The van der Waals surface area contributed by atoms with Crippen molar-refractivity contribution >= 4 is 0 Å². The van der Waals surface area contributed by atoms with Crippen molar-refractivity contribution < 1.29 is 5.11 Å². The van der Waals surface area contributed by atoms with E-state index in [0.29, 0.717) is 17.6 Å². The van der Waals surface area contributed by atoms with Gasteiger partial charge in [0.15, 0.2) is 0 Å². The van der Waals surface area contributed by atoms with Crippen LogP contribution in [0.2, 0.25) is 0 Å². The maximum Gasteiger partial charge on any atom is 0.115 e. The highest BCUT2D eigenvalue weighted by Crippen LogP contribution is 2.26. The molecule has 1 atom stereocenters. The number of aromatic hydroxyl groups is 1. The van der Waals surface area contributed by atoms with E-state index < -0.39 is 0 Å². The summed E-state index contributed by atoms with van der Waals surface area (Å²) in [6.45, 7) is 6.45. The summed E-state index contributed by atoms with van der Waals surface area (Å²) in [4.78, 5) is 0. The minimum atomic E-state index is 0.330. The molecule has 1 aromatic rings. The summed E-state index contributed by atoms with van der Waals surface area (Å²) in [6, 6.07) is 7.46. The molecule has 0 heterocycles. The van der Waals surface area contributed by atoms with E-state index in [0.717, 1.165) is 0 Å². The first kappa shape index (κ1) is 10.8. The zero-order valence-corrected chi connectivity index (χ0v) is 9.07. The fraction of sp³-hybridized carbons (Fsp3) is 0.385. The normalized spacial score (nSPS) is 13.7. The molecule has 0 saturated heterocycles. The lowest BCUT2D eigenvalue weighted by molar-refractivity contribution is 0.474. The largest absolute Gasteiger partial charge is 0.508 e. The number of phenolic OH excluding ortho intramolecular Hbond substituents is 1. The summed E-state index contributed by atoms with van der Waals surface area (Å²) in [5, 5.41) is 9.19. The molecule has 0 aliphatic carbocycles. The van der Waals surface area contributed by atoms with Crippen LogP contribution < -0.4 is 0 Å². The van der Waals surface area contributed by atoms with E-state index in [1.165, 1.54) is 5.56 Å². The molecule has 0 aliphatic heterocycles. The lowest BCUT2D eigenvalue weighted by Crippen LogP contribution is -2.03. The van der Waals surface area contributed by atoms with E-state index in [1.54, 1.807) is 12.1 Å². The summed E-state index contributed by atoms with van der Waals surface area (Å²) in [5.74, 6) is 1.35. The molecule has 1 aromatic carbocycles. The number of hydrogen-bond donors (Lipinski definition) is 1. The molecule has 0 fully saturated rings. The molecule has 1 unspecified atom stereocenters. The van der Waals surface area contributed by atoms with Crippen LogP contribution in [-0.2, 0) is 0 Å². The highest BCUT2D eigenvalue weighted by atomic mass is 16.3. The van der Waals surface area contributed by atoms with Gasteiger partial charge in [0.25, 0.3) is 0 Å². The van der Waals surface area contributed by atoms with Crippen molar-refractivity contribution in [1.82, 2.24) is 0 Å². The molecular formula is C13H18O. The van der Waals surface area contributed by atoms with Crippen LogP contribution in [0.5, 0.6) is 5.75 Å². The second-order valence-corrected chi connectivity index (χ2v) is 3.89. The SMILES string of the molecule is C/C=C/C(c1ccc(O)cc1)C(C)C. The number of rotatable bonds is 3. The van der Waals surface area contributed by atoms with Gasteiger partial charge in [0.05, 0.1) is 0 Å². The highest BCUT2D eigenvalue weighted by Gasteiger charge is 2.11. The Kier molecular flexibility index (Phi) is 3.75. The molecule has 0 amide bonds. The third kappa shape index (κ3) is 2.63. The van der Waals surface area contributed by atoms with Crippen molar-refractivity contribution in [2.24, 2.45) is 5.92 Å². The van der Waals surface area contributed by atoms with Crippen LogP contribution in [0.3, 0.4) is 0 Å². The third-order valence-electron chi connectivity index (χ3n) is 2.40. The van der Waals surface area contributed by atoms with Gasteiger partial charge in [0.1, 0.15) is 5.75 Å². The van der Waals surface area contributed by atoms with Gasteiger partial charge in [-0.3, -0.25) is 0 Å². The van der Waals surface area contributed by atoms with Crippen molar-refractivity contribution in [1.29, 1.82) is 0 Å². The lowest BCUT2D eigenvalue weighted by Gasteiger charge is -2.17. The van der Waals surface area contributed by atoms with Gasteiger partial charge in [-0.1, -0.05) is 38.1 Å². The Morgan fingerprint density at radius 2 is 1.71 bits per heavy atom. The second-order valence-electron chi connectivity index (χ2n) is 3.89. The van der Waals surface area contributed by atoms with Gasteiger partial charge >= 0.3 is 0 Å². The molecule has 0 radical (unpaired) electrons. The van der Waals surface area contributed by atoms with E-state index in [4.69, 9.17) is 0 Å². The van der Waals surface area contributed by atoms with E-state index >= 15 is 0 Å². The summed E-state index contributed by atoms with van der Waals surface area (Å²) in [5.41, 5.74) is 1.26. The summed E-state index contributed by atoms with van der Waals surface area (Å²) < 4.78 is 0. The summed E-state index contributed by atoms with van der Waals surface area (Å²) in [6.07, 6.45) is 4.29. The minimum Gasteiger partial charge on any atom is -0.508 e. The third-order valence-corrected chi connectivity index (χ3v) is 2.40. The van der Waals surface area contributed by atoms with E-state index in [9.17, 15) is 5.11 Å². The fourth-order valence-electron chi connectivity index (χ4n) is 1.62. The van der Waals surface area contributed by atoms with Crippen molar-refractivity contribution in [3.8, 4) is 5.75 Å². The maximum atomic E-state index is 9.19. The van der Waals surface area contributed by atoms with Gasteiger partial charge in [0.2, 0.25) is 0 Å². The van der Waals surface area contributed by atoms with Crippen LogP contribution in [0.1, 0.15) is 32.3 Å². The zero-order valence-electron chi connectivity index (χ0n) is 9.07. The van der Waals surface area contributed by atoms with Crippen LogP contribution >= 0.6 is 0 Å². The standard InChI is InChI=1S/C13H18O/c1-4-5-13(10(2)3)11-6-8-12(14)9-7-11/h4-10,13-14H,1-3H3/b5-4+. The number of allylic oxidation sites excluding steroid dienone is 2. The van der Waals surface area contributed by atoms with Crippen LogP contribution in [0.4, 0.5) is 0 Å². The Labute approximate surface area is 86.1 Å². The Morgan fingerprint density at radius 3 is 2.14 bits per heavy atom. The highest BCUT2D eigenvalue weighted by molar-refractivity contribution is 5.30. The molecule has 0 aliphatic rings. The molecule has 1 rings (SSSR count). The Bertz CT molecular complexity index is 296. The zero-order chi connectivity index (χ0) is 10.6. The first-order valence-electron chi connectivity index (χ1n) is 5.07. The average molecular weight is 190 g/mol. The van der Waals surface area contributed by atoms with Gasteiger partial charge in [0, 0.05) is 5.92 Å². The van der Waals surface area contributed by atoms with Crippen LogP contribution in [0, 0.1) is 5.92 Å². The van der Waals surface area contributed by atoms with E-state index in [1.807, 2.05) is 19.1 Å². The van der Waals surface area contributed by atoms with Crippen molar-refractivity contribution in [2.45, 2.75) is 26.7 Å². The Morgan fingerprint density at radius 1 is 1.14 bits per heavy atom. The first-order valence-corrected chi connectivity index (χ1v) is 5.07. The van der Waals surface area contributed by atoms with Gasteiger partial charge in [-0.2, -0.15) is 0 Å². The van der Waals surface area contributed by atoms with Crippen LogP contribution in [0.25, 0.3) is 0 Å². The van der Waals surface area contributed by atoms with E-state index in [-0.39, 0.29) is 0 Å². The van der Waals surface area contributed by atoms with Crippen LogP contribution in [-0.4, -0.2) is 5.11 Å². The molecule has 0 spiro atoms. The predicted molar refractivity (Wildman–Crippen MR) is 60.5 cm³/mol. The molecule has 0 bridgehead atoms. The minimum absolute atomic E-state index is 0.330. The second kappa shape index (κ2) is 4.85. The molecular weight excluding hydrogens is 172 g/mol. The van der Waals surface area contributed by atoms with Gasteiger partial charge < -0.3 is 5.11 Å². The monoisotopic (exact) mass is 190 g/mol. The molecule has 0 saturated carbocycles. The molecule has 0 aromatic heterocycles. The quantitative estimate of drug-likeness (QED) is 0.720.